The van der Waals surface area contributed by atoms with Gasteiger partial charge in [-0.05, 0) is 49.1 Å². The zero-order chi connectivity index (χ0) is 25.2. The van der Waals surface area contributed by atoms with Gasteiger partial charge in [0.2, 0.25) is 11.8 Å². The first-order valence-corrected chi connectivity index (χ1v) is 12.0. The van der Waals surface area contributed by atoms with Crippen LogP contribution in [0.15, 0.2) is 34.5 Å². The molecule has 2 aliphatic rings. The van der Waals surface area contributed by atoms with Crippen LogP contribution in [0.1, 0.15) is 45.6 Å². The third kappa shape index (κ3) is 4.91. The van der Waals surface area contributed by atoms with Gasteiger partial charge in [0.25, 0.3) is 0 Å². The van der Waals surface area contributed by atoms with Crippen molar-refractivity contribution < 1.29 is 18.4 Å². The number of likely N-dealkylation sites (tertiary alicyclic amines) is 1. The smallest absolute Gasteiger partial charge is 0.229 e. The van der Waals surface area contributed by atoms with E-state index in [0.29, 0.717) is 25.9 Å². The highest BCUT2D eigenvalue weighted by Gasteiger charge is 2.52. The number of nitrogens with zero attached hydrogens (tertiary/aromatic N) is 4. The summed E-state index contributed by atoms with van der Waals surface area (Å²) in [6, 6.07) is 3.71. The van der Waals surface area contributed by atoms with Crippen molar-refractivity contribution in [3.63, 3.8) is 0 Å². The number of rotatable bonds is 6. The van der Waals surface area contributed by atoms with Crippen molar-refractivity contribution in [2.45, 2.75) is 40.0 Å². The van der Waals surface area contributed by atoms with Crippen LogP contribution in [0.25, 0.3) is 5.70 Å². The summed E-state index contributed by atoms with van der Waals surface area (Å²) >= 11 is 0. The van der Waals surface area contributed by atoms with Crippen molar-refractivity contribution >= 4 is 17.5 Å². The van der Waals surface area contributed by atoms with E-state index in [1.54, 1.807) is 30.0 Å². The van der Waals surface area contributed by atoms with Crippen LogP contribution in [-0.2, 0) is 9.59 Å². The molecule has 0 spiro atoms. The molecule has 1 aliphatic heterocycles. The van der Waals surface area contributed by atoms with E-state index in [0.717, 1.165) is 6.42 Å². The largest absolute Gasteiger partial charge is 0.349 e. The Morgan fingerprint density at radius 2 is 1.85 bits per heavy atom. The van der Waals surface area contributed by atoms with Gasteiger partial charge < -0.3 is 9.80 Å². The van der Waals surface area contributed by atoms with Crippen LogP contribution in [-0.4, -0.2) is 55.8 Å². The van der Waals surface area contributed by atoms with E-state index in [1.165, 1.54) is 25.2 Å². The average molecular weight is 475 g/mol. The van der Waals surface area contributed by atoms with Gasteiger partial charge in [0.1, 0.15) is 11.6 Å². The van der Waals surface area contributed by atoms with E-state index in [1.807, 2.05) is 6.92 Å². The molecule has 1 aromatic rings. The van der Waals surface area contributed by atoms with Crippen molar-refractivity contribution in [3.8, 4) is 0 Å². The van der Waals surface area contributed by atoms with E-state index < -0.39 is 17.0 Å². The first-order valence-electron chi connectivity index (χ1n) is 12.0. The summed E-state index contributed by atoms with van der Waals surface area (Å²) in [4.78, 5) is 29.7. The topological polar surface area (TPSA) is 65.3 Å². The molecule has 2 amide bonds. The summed E-state index contributed by atoms with van der Waals surface area (Å²) in [7, 11) is 4.91. The molecule has 1 aromatic carbocycles. The first-order chi connectivity index (χ1) is 16.0. The fourth-order valence-electron chi connectivity index (χ4n) is 5.65. The van der Waals surface area contributed by atoms with Crippen molar-refractivity contribution in [1.29, 1.82) is 0 Å². The first kappa shape index (κ1) is 26.0. The zero-order valence-corrected chi connectivity index (χ0v) is 21.0. The Balaban J connectivity index is 2.00. The van der Waals surface area contributed by atoms with Crippen molar-refractivity contribution in [2.24, 2.45) is 39.3 Å². The Morgan fingerprint density at radius 1 is 1.21 bits per heavy atom. The molecule has 0 radical (unpaired) electrons. The molecule has 1 saturated heterocycles. The van der Waals surface area contributed by atoms with Crippen LogP contribution in [0, 0.1) is 40.7 Å². The molecular formula is C26H36F2N4O2. The summed E-state index contributed by atoms with van der Waals surface area (Å²) in [5.41, 5.74) is -0.881. The minimum atomic E-state index is -0.763. The van der Waals surface area contributed by atoms with E-state index in [2.05, 4.69) is 24.1 Å². The molecule has 186 valence electrons. The molecule has 8 heteroatoms. The Hall–Kier alpha value is -2.64. The fraction of sp³-hybridized carbons (Fsp3) is 0.615. The molecule has 2 unspecified atom stereocenters. The second-order valence-corrected chi connectivity index (χ2v) is 10.3. The lowest BCUT2D eigenvalue weighted by Gasteiger charge is -2.36. The van der Waals surface area contributed by atoms with Crippen molar-refractivity contribution in [2.75, 3.05) is 34.2 Å². The molecule has 0 bridgehead atoms. The Kier molecular flexibility index (Phi) is 7.88. The number of allylic oxidation sites excluding steroid dienone is 1. The molecule has 1 heterocycles. The predicted octanol–water partition coefficient (Wildman–Crippen LogP) is 5.01. The van der Waals surface area contributed by atoms with Gasteiger partial charge in [-0.15, -0.1) is 0 Å². The molecule has 3 rings (SSSR count). The lowest BCUT2D eigenvalue weighted by molar-refractivity contribution is -0.142. The minimum Gasteiger partial charge on any atom is -0.349 e. The molecule has 4 atom stereocenters. The quantitative estimate of drug-likeness (QED) is 0.544. The summed E-state index contributed by atoms with van der Waals surface area (Å²) in [6.07, 6.45) is 3.88. The van der Waals surface area contributed by atoms with E-state index in [9.17, 15) is 18.4 Å². The van der Waals surface area contributed by atoms with E-state index >= 15 is 0 Å². The standard InChI is InChI=1S/C26H36F2N4O2/c1-16(2)18-10-12-26(3,25(34)32-13-11-17(15-32)24(33)31(5)6)19(18)14-22(30-29-4)23-20(27)8-7-9-21(23)28/h7-9,14,16-19H,10-13,15H2,1-6H3/b22-14-,30-29?/t17?,18-,19?,26-/m0/s1. The van der Waals surface area contributed by atoms with Gasteiger partial charge >= 0.3 is 0 Å². The van der Waals surface area contributed by atoms with Crippen LogP contribution in [0.2, 0.25) is 0 Å². The molecule has 1 aliphatic carbocycles. The minimum absolute atomic E-state index is 0.00671. The Labute approximate surface area is 201 Å². The number of carbonyl (C=O) groups excluding carboxylic acids is 2. The predicted molar refractivity (Wildman–Crippen MR) is 128 cm³/mol. The van der Waals surface area contributed by atoms with E-state index in [-0.39, 0.29) is 46.7 Å². The number of hydrogen-bond donors (Lipinski definition) is 0. The molecule has 1 saturated carbocycles. The summed E-state index contributed by atoms with van der Waals surface area (Å²) < 4.78 is 29.3. The fourth-order valence-corrected chi connectivity index (χ4v) is 5.65. The number of benzene rings is 1. The lowest BCUT2D eigenvalue weighted by Crippen LogP contribution is -2.45. The molecular weight excluding hydrogens is 438 g/mol. The highest BCUT2D eigenvalue weighted by Crippen LogP contribution is 2.52. The average Bonchev–Trinajstić information content (AvgIpc) is 3.39. The molecule has 2 fully saturated rings. The number of halogens is 2. The Morgan fingerprint density at radius 3 is 2.41 bits per heavy atom. The van der Waals surface area contributed by atoms with Crippen LogP contribution in [0.5, 0.6) is 0 Å². The third-order valence-electron chi connectivity index (χ3n) is 7.57. The van der Waals surface area contributed by atoms with Gasteiger partial charge in [-0.2, -0.15) is 10.2 Å². The molecule has 0 aromatic heterocycles. The van der Waals surface area contributed by atoms with E-state index in [4.69, 9.17) is 0 Å². The second kappa shape index (κ2) is 10.3. The summed E-state index contributed by atoms with van der Waals surface area (Å²) in [5.74, 6) is -1.46. The highest BCUT2D eigenvalue weighted by atomic mass is 19.1. The maximum Gasteiger partial charge on any atom is 0.229 e. The van der Waals surface area contributed by atoms with Crippen molar-refractivity contribution in [1.82, 2.24) is 9.80 Å². The normalized spacial score (nSPS) is 27.7. The van der Waals surface area contributed by atoms with Gasteiger partial charge in [-0.25, -0.2) is 8.78 Å². The maximum absolute atomic E-state index is 14.6. The monoisotopic (exact) mass is 474 g/mol. The maximum atomic E-state index is 14.6. The molecule has 34 heavy (non-hydrogen) atoms. The molecule has 0 N–H and O–H groups in total. The van der Waals surface area contributed by atoms with Gasteiger partial charge in [0.15, 0.2) is 0 Å². The number of hydrogen-bond acceptors (Lipinski definition) is 4. The second-order valence-electron chi connectivity index (χ2n) is 10.3. The van der Waals surface area contributed by atoms with Crippen LogP contribution >= 0.6 is 0 Å². The van der Waals surface area contributed by atoms with Gasteiger partial charge in [-0.1, -0.05) is 32.9 Å². The highest BCUT2D eigenvalue weighted by molar-refractivity contribution is 5.86. The molecule has 6 nitrogen and oxygen atoms in total. The summed E-state index contributed by atoms with van der Waals surface area (Å²) in [6.45, 7) is 7.09. The van der Waals surface area contributed by atoms with Gasteiger partial charge in [-0.3, -0.25) is 9.59 Å². The number of azo groups is 1. The lowest BCUT2D eigenvalue weighted by atomic mass is 9.72. The summed E-state index contributed by atoms with van der Waals surface area (Å²) in [5, 5.41) is 7.89. The van der Waals surface area contributed by atoms with Crippen molar-refractivity contribution in [3.05, 3.63) is 41.5 Å². The third-order valence-corrected chi connectivity index (χ3v) is 7.57. The number of carbonyl (C=O) groups is 2. The Bertz CT molecular complexity index is 971. The zero-order valence-electron chi connectivity index (χ0n) is 21.0. The van der Waals surface area contributed by atoms with Gasteiger partial charge in [0.05, 0.1) is 22.6 Å². The van der Waals surface area contributed by atoms with Gasteiger partial charge in [0, 0.05) is 34.2 Å². The number of amides is 2. The van der Waals surface area contributed by atoms with Crippen LogP contribution in [0.3, 0.4) is 0 Å². The SMILES string of the molecule is CN=N/C(=C\C1[C@H](C(C)C)CC[C@]1(C)C(=O)N1CCC(C(=O)N(C)C)C1)c1c(F)cccc1F. The van der Waals surface area contributed by atoms with Crippen LogP contribution < -0.4 is 0 Å². The van der Waals surface area contributed by atoms with Crippen LogP contribution in [0.4, 0.5) is 8.78 Å².